The zero-order valence-electron chi connectivity index (χ0n) is 18.6. The zero-order chi connectivity index (χ0) is 26.0. The van der Waals surface area contributed by atoms with Gasteiger partial charge in [0, 0.05) is 36.3 Å². The topological polar surface area (TPSA) is 214 Å². The van der Waals surface area contributed by atoms with Gasteiger partial charge in [-0.2, -0.15) is 0 Å². The lowest BCUT2D eigenvalue weighted by molar-refractivity contribution is -0.150. The van der Waals surface area contributed by atoms with Crippen molar-refractivity contribution in [2.45, 2.75) is 17.8 Å². The highest BCUT2D eigenvalue weighted by molar-refractivity contribution is 8.00. The first-order valence-electron chi connectivity index (χ1n) is 10.6. The van der Waals surface area contributed by atoms with Crippen LogP contribution in [0.3, 0.4) is 0 Å². The summed E-state index contributed by atoms with van der Waals surface area (Å²) in [5.41, 5.74) is 5.72. The van der Waals surface area contributed by atoms with E-state index < -0.39 is 34.9 Å². The van der Waals surface area contributed by atoms with Crippen molar-refractivity contribution in [1.82, 2.24) is 25.4 Å². The number of carbonyl (C=O) groups is 4. The SMILES string of the molecule is N=CNCCN1CCC(=CC2=C(C(=O)O)N3C(=O)C(NC(=O)/C(=N\O)c4csc(N)n4)C3SC2)C1=O. The van der Waals surface area contributed by atoms with E-state index in [9.17, 15) is 29.5 Å². The second-order valence-corrected chi connectivity index (χ2v) is 9.86. The fraction of sp³-hybridized carbons (Fsp3) is 0.350. The third-order valence-corrected chi connectivity index (χ3v) is 7.73. The van der Waals surface area contributed by atoms with Crippen molar-refractivity contribution >= 4 is 64.0 Å². The quantitative estimate of drug-likeness (QED) is 0.0432. The number of aromatic nitrogens is 1. The molecule has 3 aliphatic heterocycles. The molecule has 1 aromatic rings. The van der Waals surface area contributed by atoms with Gasteiger partial charge in [-0.3, -0.25) is 24.7 Å². The van der Waals surface area contributed by atoms with Crippen LogP contribution < -0.4 is 16.4 Å². The summed E-state index contributed by atoms with van der Waals surface area (Å²) < 4.78 is 0. The number of nitrogens with zero attached hydrogens (tertiary/aromatic N) is 4. The number of nitrogens with two attached hydrogens (primary N) is 1. The van der Waals surface area contributed by atoms with Crippen LogP contribution in [0.1, 0.15) is 12.1 Å². The normalized spacial score (nSPS) is 23.0. The Morgan fingerprint density at radius 3 is 2.81 bits per heavy atom. The number of carboxylic acid groups (broad SMARTS) is 1. The number of thioether (sulfide) groups is 1. The Hall–Kier alpha value is -3.92. The number of rotatable bonds is 9. The molecule has 4 rings (SSSR count). The van der Waals surface area contributed by atoms with Gasteiger partial charge in [0.2, 0.25) is 5.91 Å². The molecule has 0 spiro atoms. The van der Waals surface area contributed by atoms with E-state index in [1.54, 1.807) is 4.90 Å². The number of aliphatic carboxylic acids is 1. The average molecular weight is 535 g/mol. The molecule has 0 aromatic carbocycles. The molecule has 7 N–H and O–H groups in total. The number of carboxylic acids is 1. The number of likely N-dealkylation sites (tertiary alicyclic amines) is 1. The molecule has 1 aromatic heterocycles. The Labute approximate surface area is 212 Å². The van der Waals surface area contributed by atoms with Gasteiger partial charge in [-0.1, -0.05) is 5.16 Å². The molecule has 2 atom stereocenters. The number of hydrogen-bond acceptors (Lipinski definition) is 11. The molecular formula is C20H22N8O6S2. The van der Waals surface area contributed by atoms with Gasteiger partial charge < -0.3 is 31.6 Å². The second kappa shape index (κ2) is 10.4. The summed E-state index contributed by atoms with van der Waals surface area (Å²) in [5.74, 6) is -2.83. The molecule has 0 bridgehead atoms. The molecule has 4 heterocycles. The maximum absolute atomic E-state index is 12.9. The molecule has 3 aliphatic rings. The standard InChI is InChI=1S/C20H22N8O6S2/c21-8-23-2-4-27-3-1-9(16(27)30)5-10-6-35-18-13(17(31)28(18)14(10)19(32)33)25-15(29)12(26-34)11-7-36-20(22)24-11/h5,7-8,13,18,34H,1-4,6H2,(H2,21,23)(H2,22,24)(H,25,29)(H,32,33)/b9-5?,26-12-. The van der Waals surface area contributed by atoms with Crippen LogP contribution in [-0.2, 0) is 19.2 Å². The van der Waals surface area contributed by atoms with Gasteiger partial charge in [0.15, 0.2) is 10.8 Å². The summed E-state index contributed by atoms with van der Waals surface area (Å²) in [6, 6.07) is -1.04. The smallest absolute Gasteiger partial charge is 0.352 e. The van der Waals surface area contributed by atoms with Gasteiger partial charge in [0.05, 0.1) is 6.34 Å². The van der Waals surface area contributed by atoms with Crippen molar-refractivity contribution in [3.8, 4) is 0 Å². The van der Waals surface area contributed by atoms with Crippen LogP contribution in [0.2, 0.25) is 0 Å². The minimum atomic E-state index is -1.32. The molecule has 0 aliphatic carbocycles. The molecule has 2 saturated heterocycles. The van der Waals surface area contributed by atoms with Crippen LogP contribution in [0.15, 0.2) is 33.5 Å². The monoisotopic (exact) mass is 534 g/mol. The van der Waals surface area contributed by atoms with Crippen LogP contribution in [0, 0.1) is 5.41 Å². The highest BCUT2D eigenvalue weighted by atomic mass is 32.2. The number of allylic oxidation sites excluding steroid dienone is 1. The first kappa shape index (κ1) is 25.2. The molecule has 2 unspecified atom stereocenters. The molecule has 3 amide bonds. The number of β-lactam (4-membered cyclic amide) rings is 1. The molecule has 0 radical (unpaired) electrons. The van der Waals surface area contributed by atoms with Crippen LogP contribution >= 0.6 is 23.1 Å². The van der Waals surface area contributed by atoms with E-state index in [4.69, 9.17) is 11.1 Å². The summed E-state index contributed by atoms with van der Waals surface area (Å²) >= 11 is 2.29. The van der Waals surface area contributed by atoms with Gasteiger partial charge >= 0.3 is 5.97 Å². The summed E-state index contributed by atoms with van der Waals surface area (Å²) in [7, 11) is 0. The Kier molecular flexibility index (Phi) is 7.25. The minimum absolute atomic E-state index is 0.0429. The van der Waals surface area contributed by atoms with Crippen molar-refractivity contribution in [3.63, 3.8) is 0 Å². The first-order chi connectivity index (χ1) is 17.3. The molecule has 36 heavy (non-hydrogen) atoms. The van der Waals surface area contributed by atoms with Crippen molar-refractivity contribution < 1.29 is 29.5 Å². The van der Waals surface area contributed by atoms with Crippen molar-refractivity contribution in [1.29, 1.82) is 5.41 Å². The number of nitrogen functional groups attached to an aromatic ring is 1. The predicted octanol–water partition coefficient (Wildman–Crippen LogP) is -1.00. The van der Waals surface area contributed by atoms with E-state index in [-0.39, 0.29) is 28.2 Å². The minimum Gasteiger partial charge on any atom is -0.477 e. The van der Waals surface area contributed by atoms with Crippen LogP contribution in [0.4, 0.5) is 5.13 Å². The second-order valence-electron chi connectivity index (χ2n) is 7.87. The van der Waals surface area contributed by atoms with Gasteiger partial charge in [-0.15, -0.1) is 23.1 Å². The zero-order valence-corrected chi connectivity index (χ0v) is 20.3. The fourth-order valence-corrected chi connectivity index (χ4v) is 5.92. The Morgan fingerprint density at radius 1 is 1.39 bits per heavy atom. The van der Waals surface area contributed by atoms with E-state index in [1.165, 1.54) is 23.2 Å². The van der Waals surface area contributed by atoms with Crippen molar-refractivity contribution in [3.05, 3.63) is 34.0 Å². The molecule has 0 saturated carbocycles. The maximum atomic E-state index is 12.9. The van der Waals surface area contributed by atoms with Gasteiger partial charge in [0.1, 0.15) is 22.8 Å². The summed E-state index contributed by atoms with van der Waals surface area (Å²) in [6.07, 6.45) is 3.01. The predicted molar refractivity (Wildman–Crippen MR) is 131 cm³/mol. The number of thiazole rings is 1. The Bertz CT molecular complexity index is 1220. The van der Waals surface area contributed by atoms with Crippen LogP contribution in [0.25, 0.3) is 0 Å². The molecule has 14 nitrogen and oxygen atoms in total. The number of carbonyl (C=O) groups excluding carboxylic acids is 3. The molecule has 2 fully saturated rings. The van der Waals surface area contributed by atoms with Crippen molar-refractivity contribution in [2.24, 2.45) is 5.16 Å². The summed E-state index contributed by atoms with van der Waals surface area (Å²) in [4.78, 5) is 56.9. The van der Waals surface area contributed by atoms with E-state index in [0.717, 1.165) is 22.6 Å². The van der Waals surface area contributed by atoms with E-state index >= 15 is 0 Å². The number of oxime groups is 1. The number of hydrogen-bond donors (Lipinski definition) is 6. The lowest BCUT2D eigenvalue weighted by atomic mass is 10.0. The molecule has 16 heteroatoms. The fourth-order valence-electron chi connectivity index (χ4n) is 4.07. The average Bonchev–Trinajstić information content (AvgIpc) is 3.43. The Morgan fingerprint density at radius 2 is 2.17 bits per heavy atom. The van der Waals surface area contributed by atoms with Crippen LogP contribution in [0.5, 0.6) is 0 Å². The van der Waals surface area contributed by atoms with E-state index in [2.05, 4.69) is 20.8 Å². The number of amides is 3. The lowest BCUT2D eigenvalue weighted by Crippen LogP contribution is -2.71. The van der Waals surface area contributed by atoms with Gasteiger partial charge in [-0.05, 0) is 18.1 Å². The van der Waals surface area contributed by atoms with E-state index in [1.807, 2.05) is 0 Å². The molecule has 190 valence electrons. The van der Waals surface area contributed by atoms with Crippen molar-refractivity contribution in [2.75, 3.05) is 31.1 Å². The third kappa shape index (κ3) is 4.64. The third-order valence-electron chi connectivity index (χ3n) is 5.76. The molecular weight excluding hydrogens is 512 g/mol. The number of nitrogens with one attached hydrogen (secondary N) is 3. The Balaban J connectivity index is 1.49. The number of fused-ring (bicyclic) bond motifs is 1. The summed E-state index contributed by atoms with van der Waals surface area (Å²) in [5, 5.41) is 35.2. The largest absolute Gasteiger partial charge is 0.477 e. The highest BCUT2D eigenvalue weighted by Crippen LogP contribution is 2.41. The van der Waals surface area contributed by atoms with Gasteiger partial charge in [-0.25, -0.2) is 9.78 Å². The maximum Gasteiger partial charge on any atom is 0.352 e. The van der Waals surface area contributed by atoms with Crippen LogP contribution in [-0.4, -0.2) is 97.6 Å². The summed E-state index contributed by atoms with van der Waals surface area (Å²) in [6.45, 7) is 1.31. The first-order valence-corrected chi connectivity index (χ1v) is 12.6. The van der Waals surface area contributed by atoms with E-state index in [0.29, 0.717) is 37.2 Å². The highest BCUT2D eigenvalue weighted by Gasteiger charge is 2.54. The lowest BCUT2D eigenvalue weighted by Gasteiger charge is -2.49. The number of anilines is 1. The van der Waals surface area contributed by atoms with Gasteiger partial charge in [0.25, 0.3) is 11.8 Å².